The van der Waals surface area contributed by atoms with Gasteiger partial charge in [-0.1, -0.05) is 12.1 Å². The summed E-state index contributed by atoms with van der Waals surface area (Å²) in [5.41, 5.74) is 1.60. The Morgan fingerprint density at radius 3 is 2.10 bits per heavy atom. The van der Waals surface area contributed by atoms with Gasteiger partial charge in [-0.2, -0.15) is 0 Å². The molecule has 0 aromatic heterocycles. The third-order valence-electron chi connectivity index (χ3n) is 3.25. The molecule has 0 spiro atoms. The van der Waals surface area contributed by atoms with Crippen LogP contribution in [0.15, 0.2) is 30.3 Å². The molecule has 20 heavy (non-hydrogen) atoms. The van der Waals surface area contributed by atoms with Crippen LogP contribution in [0.3, 0.4) is 0 Å². The summed E-state index contributed by atoms with van der Waals surface area (Å²) in [5.74, 6) is -2.49. The Bertz CT molecular complexity index is 655. The molecule has 2 aromatic rings. The molecule has 0 aliphatic rings. The molecule has 2 nitrogen and oxygen atoms in total. The maximum Gasteiger partial charge on any atom is 0.198 e. The van der Waals surface area contributed by atoms with Gasteiger partial charge in [-0.3, -0.25) is 4.79 Å². The summed E-state index contributed by atoms with van der Waals surface area (Å²) in [7, 11) is 1.30. The van der Waals surface area contributed by atoms with Gasteiger partial charge in [0, 0.05) is 17.7 Å². The first-order chi connectivity index (χ1) is 9.43. The standard InChI is InChI=1S/C16H14F2O2/c1-9-4-5-11(6-10(9)2)16(19)15-13(17)7-12(20-3)8-14(15)18/h4-8H,1-3H3. The Balaban J connectivity index is 2.50. The lowest BCUT2D eigenvalue weighted by atomic mass is 9.98. The number of rotatable bonds is 3. The van der Waals surface area contributed by atoms with E-state index in [4.69, 9.17) is 4.74 Å². The highest BCUT2D eigenvalue weighted by Gasteiger charge is 2.20. The number of hydrogen-bond acceptors (Lipinski definition) is 2. The minimum atomic E-state index is -0.926. The molecule has 0 aliphatic carbocycles. The molecule has 0 bridgehead atoms. The van der Waals surface area contributed by atoms with E-state index < -0.39 is 23.0 Å². The molecule has 0 heterocycles. The summed E-state index contributed by atoms with van der Waals surface area (Å²) in [4.78, 5) is 12.2. The number of benzene rings is 2. The molecule has 2 aromatic carbocycles. The van der Waals surface area contributed by atoms with Crippen LogP contribution in [-0.2, 0) is 0 Å². The van der Waals surface area contributed by atoms with Gasteiger partial charge in [-0.25, -0.2) is 8.78 Å². The highest BCUT2D eigenvalue weighted by atomic mass is 19.1. The zero-order valence-electron chi connectivity index (χ0n) is 11.5. The van der Waals surface area contributed by atoms with Crippen LogP contribution in [0.4, 0.5) is 8.78 Å². The number of aryl methyl sites for hydroxylation is 2. The van der Waals surface area contributed by atoms with Gasteiger partial charge in [0.2, 0.25) is 0 Å². The minimum absolute atomic E-state index is 0.0386. The summed E-state index contributed by atoms with van der Waals surface area (Å²) < 4.78 is 32.5. The number of methoxy groups -OCH3 is 1. The van der Waals surface area contributed by atoms with E-state index >= 15 is 0 Å². The van der Waals surface area contributed by atoms with Crippen molar-refractivity contribution in [3.63, 3.8) is 0 Å². The van der Waals surface area contributed by atoms with Crippen LogP contribution in [0, 0.1) is 25.5 Å². The number of carbonyl (C=O) groups is 1. The molecule has 0 N–H and O–H groups in total. The van der Waals surface area contributed by atoms with Gasteiger partial charge in [0.05, 0.1) is 12.7 Å². The fourth-order valence-corrected chi connectivity index (χ4v) is 1.91. The van der Waals surface area contributed by atoms with Crippen LogP contribution >= 0.6 is 0 Å². The van der Waals surface area contributed by atoms with Crippen molar-refractivity contribution in [2.75, 3.05) is 7.11 Å². The Morgan fingerprint density at radius 2 is 1.60 bits per heavy atom. The number of ketones is 1. The second-order valence-electron chi connectivity index (χ2n) is 4.59. The monoisotopic (exact) mass is 276 g/mol. The largest absolute Gasteiger partial charge is 0.497 e. The van der Waals surface area contributed by atoms with E-state index in [0.717, 1.165) is 23.3 Å². The van der Waals surface area contributed by atoms with E-state index in [9.17, 15) is 13.6 Å². The van der Waals surface area contributed by atoms with Crippen molar-refractivity contribution >= 4 is 5.78 Å². The zero-order chi connectivity index (χ0) is 14.9. The van der Waals surface area contributed by atoms with E-state index in [1.165, 1.54) is 7.11 Å². The van der Waals surface area contributed by atoms with E-state index in [1.54, 1.807) is 18.2 Å². The number of carbonyl (C=O) groups excluding carboxylic acids is 1. The van der Waals surface area contributed by atoms with Gasteiger partial charge in [-0.15, -0.1) is 0 Å². The molecular formula is C16H14F2O2. The molecule has 0 aliphatic heterocycles. The van der Waals surface area contributed by atoms with Crippen LogP contribution in [0.1, 0.15) is 27.0 Å². The lowest BCUT2D eigenvalue weighted by Gasteiger charge is -2.08. The molecule has 0 unspecified atom stereocenters. The molecule has 0 atom stereocenters. The predicted molar refractivity (Wildman–Crippen MR) is 72.3 cm³/mol. The average molecular weight is 276 g/mol. The van der Waals surface area contributed by atoms with Gasteiger partial charge < -0.3 is 4.74 Å². The summed E-state index contributed by atoms with van der Waals surface area (Å²) >= 11 is 0. The van der Waals surface area contributed by atoms with Crippen LogP contribution in [0.25, 0.3) is 0 Å². The first-order valence-corrected chi connectivity index (χ1v) is 6.09. The molecule has 0 saturated heterocycles. The first kappa shape index (κ1) is 14.2. The van der Waals surface area contributed by atoms with Crippen LogP contribution < -0.4 is 4.74 Å². The van der Waals surface area contributed by atoms with Crippen molar-refractivity contribution in [2.24, 2.45) is 0 Å². The molecule has 0 fully saturated rings. The predicted octanol–water partition coefficient (Wildman–Crippen LogP) is 3.82. The smallest absolute Gasteiger partial charge is 0.198 e. The van der Waals surface area contributed by atoms with Gasteiger partial charge in [-0.05, 0) is 31.0 Å². The van der Waals surface area contributed by atoms with E-state index in [2.05, 4.69) is 0 Å². The van der Waals surface area contributed by atoms with Gasteiger partial charge in [0.1, 0.15) is 17.4 Å². The molecule has 0 saturated carbocycles. The van der Waals surface area contributed by atoms with Crippen molar-refractivity contribution in [2.45, 2.75) is 13.8 Å². The Morgan fingerprint density at radius 1 is 1.00 bits per heavy atom. The van der Waals surface area contributed by atoms with E-state index in [-0.39, 0.29) is 11.3 Å². The topological polar surface area (TPSA) is 26.3 Å². The number of halogens is 2. The molecular weight excluding hydrogens is 262 g/mol. The minimum Gasteiger partial charge on any atom is -0.497 e. The second-order valence-corrected chi connectivity index (χ2v) is 4.59. The molecule has 4 heteroatoms. The van der Waals surface area contributed by atoms with Crippen LogP contribution in [-0.4, -0.2) is 12.9 Å². The maximum absolute atomic E-state index is 13.9. The number of ether oxygens (including phenoxy) is 1. The summed E-state index contributed by atoms with van der Waals surface area (Å²) in [5, 5.41) is 0. The van der Waals surface area contributed by atoms with E-state index in [0.29, 0.717) is 0 Å². The fraction of sp³-hybridized carbons (Fsp3) is 0.188. The van der Waals surface area contributed by atoms with Gasteiger partial charge >= 0.3 is 0 Å². The summed E-state index contributed by atoms with van der Waals surface area (Å²) in [6, 6.07) is 6.94. The molecule has 2 rings (SSSR count). The van der Waals surface area contributed by atoms with Crippen LogP contribution in [0.2, 0.25) is 0 Å². The van der Waals surface area contributed by atoms with E-state index in [1.807, 2.05) is 13.8 Å². The zero-order valence-corrected chi connectivity index (χ0v) is 11.5. The summed E-state index contributed by atoms with van der Waals surface area (Å²) in [6.45, 7) is 3.74. The third-order valence-corrected chi connectivity index (χ3v) is 3.25. The average Bonchev–Trinajstić information content (AvgIpc) is 2.40. The second kappa shape index (κ2) is 5.41. The van der Waals surface area contributed by atoms with Crippen molar-refractivity contribution in [3.05, 3.63) is 64.2 Å². The molecule has 104 valence electrons. The third kappa shape index (κ3) is 2.54. The Labute approximate surface area is 116 Å². The number of hydrogen-bond donors (Lipinski definition) is 0. The van der Waals surface area contributed by atoms with Crippen molar-refractivity contribution in [1.29, 1.82) is 0 Å². The molecule has 0 radical (unpaired) electrons. The summed E-state index contributed by atoms with van der Waals surface area (Å²) in [6.07, 6.45) is 0. The van der Waals surface area contributed by atoms with Gasteiger partial charge in [0.15, 0.2) is 5.78 Å². The lowest BCUT2D eigenvalue weighted by Crippen LogP contribution is -2.08. The van der Waals surface area contributed by atoms with Crippen molar-refractivity contribution < 1.29 is 18.3 Å². The highest BCUT2D eigenvalue weighted by molar-refractivity contribution is 6.09. The SMILES string of the molecule is COc1cc(F)c(C(=O)c2ccc(C)c(C)c2)c(F)c1. The van der Waals surface area contributed by atoms with Gasteiger partial charge in [0.25, 0.3) is 0 Å². The quantitative estimate of drug-likeness (QED) is 0.797. The van der Waals surface area contributed by atoms with Crippen molar-refractivity contribution in [3.8, 4) is 5.75 Å². The van der Waals surface area contributed by atoms with Crippen LogP contribution in [0.5, 0.6) is 5.75 Å². The van der Waals surface area contributed by atoms with Crippen molar-refractivity contribution in [1.82, 2.24) is 0 Å². The Kier molecular flexibility index (Phi) is 3.84. The first-order valence-electron chi connectivity index (χ1n) is 6.09. The molecule has 0 amide bonds. The highest BCUT2D eigenvalue weighted by Crippen LogP contribution is 2.23. The normalized spacial score (nSPS) is 10.4. The Hall–Kier alpha value is -2.23. The lowest BCUT2D eigenvalue weighted by molar-refractivity contribution is 0.103. The maximum atomic E-state index is 13.9. The fourth-order valence-electron chi connectivity index (χ4n) is 1.91.